The number of H-pyrrole nitrogens is 1. The zero-order chi connectivity index (χ0) is 15.5. The number of carbonyl (C=O) groups excluding carboxylic acids is 1. The third kappa shape index (κ3) is 3.26. The van der Waals surface area contributed by atoms with Crippen LogP contribution in [0.5, 0.6) is 0 Å². The van der Waals surface area contributed by atoms with Gasteiger partial charge in [-0.1, -0.05) is 42.0 Å². The maximum Gasteiger partial charge on any atom is 0.230 e. The Bertz CT molecular complexity index is 606. The van der Waals surface area contributed by atoms with Crippen LogP contribution >= 0.6 is 0 Å². The summed E-state index contributed by atoms with van der Waals surface area (Å²) in [6.45, 7) is 7.83. The summed E-state index contributed by atoms with van der Waals surface area (Å²) in [7, 11) is 0. The molecule has 1 atom stereocenters. The number of nitrogens with one attached hydrogen (secondary N) is 2. The minimum atomic E-state index is -0.622. The molecule has 112 valence electrons. The Balaban J connectivity index is 2.18. The van der Waals surface area contributed by atoms with Gasteiger partial charge in [-0.3, -0.25) is 4.79 Å². The van der Waals surface area contributed by atoms with E-state index in [1.807, 2.05) is 52.0 Å². The molecule has 0 saturated carbocycles. The number of aromatic amines is 1. The van der Waals surface area contributed by atoms with E-state index in [2.05, 4.69) is 25.9 Å². The molecule has 0 spiro atoms. The quantitative estimate of drug-likeness (QED) is 0.881. The summed E-state index contributed by atoms with van der Waals surface area (Å²) in [6.07, 6.45) is 0.704. The molecule has 6 heteroatoms. The molecule has 1 heterocycles. The van der Waals surface area contributed by atoms with Crippen molar-refractivity contribution in [3.8, 4) is 0 Å². The van der Waals surface area contributed by atoms with E-state index in [1.165, 1.54) is 0 Å². The molecule has 0 bridgehead atoms. The molecular formula is C15H21N5O. The van der Waals surface area contributed by atoms with Crippen molar-refractivity contribution < 1.29 is 4.79 Å². The summed E-state index contributed by atoms with van der Waals surface area (Å²) in [5.74, 6) is 0.454. The fourth-order valence-corrected chi connectivity index (χ4v) is 2.17. The Labute approximate surface area is 124 Å². The van der Waals surface area contributed by atoms with Gasteiger partial charge < -0.3 is 5.32 Å². The molecule has 2 aromatic rings. The van der Waals surface area contributed by atoms with Gasteiger partial charge in [-0.2, -0.15) is 5.21 Å². The van der Waals surface area contributed by atoms with Crippen molar-refractivity contribution in [2.45, 2.75) is 45.6 Å². The second kappa shape index (κ2) is 6.03. The van der Waals surface area contributed by atoms with Crippen LogP contribution in [0.4, 0.5) is 0 Å². The van der Waals surface area contributed by atoms with E-state index in [-0.39, 0.29) is 11.9 Å². The van der Waals surface area contributed by atoms with Crippen LogP contribution in [0.15, 0.2) is 24.3 Å². The van der Waals surface area contributed by atoms with Crippen LogP contribution in [-0.2, 0) is 10.2 Å². The van der Waals surface area contributed by atoms with Gasteiger partial charge in [-0.05, 0) is 32.8 Å². The molecule has 1 aromatic carbocycles. The van der Waals surface area contributed by atoms with Crippen molar-refractivity contribution in [1.82, 2.24) is 25.9 Å². The predicted molar refractivity (Wildman–Crippen MR) is 79.6 cm³/mol. The van der Waals surface area contributed by atoms with Gasteiger partial charge in [0.25, 0.3) is 0 Å². The zero-order valence-corrected chi connectivity index (χ0v) is 12.8. The maximum atomic E-state index is 12.6. The summed E-state index contributed by atoms with van der Waals surface area (Å²) in [5.41, 5.74) is 1.50. The molecule has 0 fully saturated rings. The summed E-state index contributed by atoms with van der Waals surface area (Å²) in [5, 5.41) is 16.9. The molecule has 2 rings (SSSR count). The summed E-state index contributed by atoms with van der Waals surface area (Å²) < 4.78 is 0. The minimum Gasteiger partial charge on any atom is -0.345 e. The maximum absolute atomic E-state index is 12.6. The average Bonchev–Trinajstić information content (AvgIpc) is 2.98. The highest BCUT2D eigenvalue weighted by Crippen LogP contribution is 2.25. The number of tetrazole rings is 1. The van der Waals surface area contributed by atoms with Gasteiger partial charge in [0.05, 0.1) is 11.5 Å². The number of aryl methyl sites for hydroxylation is 1. The number of nitrogens with zero attached hydrogens (tertiary/aromatic N) is 3. The fraction of sp³-hybridized carbons (Fsp3) is 0.467. The second-order valence-corrected chi connectivity index (χ2v) is 5.70. The molecule has 2 N–H and O–H groups in total. The molecule has 0 aliphatic heterocycles. The van der Waals surface area contributed by atoms with E-state index in [9.17, 15) is 4.79 Å². The summed E-state index contributed by atoms with van der Waals surface area (Å²) >= 11 is 0. The van der Waals surface area contributed by atoms with Crippen LogP contribution in [-0.4, -0.2) is 26.5 Å². The lowest BCUT2D eigenvalue weighted by Crippen LogP contribution is -2.42. The number of aromatic nitrogens is 4. The van der Waals surface area contributed by atoms with E-state index in [0.717, 1.165) is 11.1 Å². The standard InChI is InChI=1S/C15H21N5O/c1-5-12(13-17-19-20-18-13)16-14(21)15(3,4)11-8-6-7-10(2)9-11/h6-9,12H,5H2,1-4H3,(H,16,21)(H,17,18,19,20). The number of rotatable bonds is 5. The van der Waals surface area contributed by atoms with Crippen LogP contribution in [0.25, 0.3) is 0 Å². The first kappa shape index (κ1) is 15.2. The molecule has 1 amide bonds. The van der Waals surface area contributed by atoms with Gasteiger partial charge in [-0.25, -0.2) is 0 Å². The van der Waals surface area contributed by atoms with Gasteiger partial charge in [-0.15, -0.1) is 10.2 Å². The van der Waals surface area contributed by atoms with Gasteiger partial charge >= 0.3 is 0 Å². The Hall–Kier alpha value is -2.24. The number of benzene rings is 1. The number of amides is 1. The lowest BCUT2D eigenvalue weighted by Gasteiger charge is -2.26. The van der Waals surface area contributed by atoms with E-state index in [4.69, 9.17) is 0 Å². The molecule has 0 saturated heterocycles. The molecule has 0 aliphatic carbocycles. The summed E-state index contributed by atoms with van der Waals surface area (Å²) in [4.78, 5) is 12.6. The molecule has 21 heavy (non-hydrogen) atoms. The van der Waals surface area contributed by atoms with E-state index < -0.39 is 5.41 Å². The van der Waals surface area contributed by atoms with Crippen LogP contribution < -0.4 is 5.32 Å². The lowest BCUT2D eigenvalue weighted by molar-refractivity contribution is -0.126. The zero-order valence-electron chi connectivity index (χ0n) is 12.8. The van der Waals surface area contributed by atoms with Crippen LogP contribution in [0.2, 0.25) is 0 Å². The average molecular weight is 287 g/mol. The minimum absolute atomic E-state index is 0.0512. The fourth-order valence-electron chi connectivity index (χ4n) is 2.17. The largest absolute Gasteiger partial charge is 0.345 e. The monoisotopic (exact) mass is 287 g/mol. The Morgan fingerprint density at radius 3 is 2.76 bits per heavy atom. The first-order valence-corrected chi connectivity index (χ1v) is 7.06. The topological polar surface area (TPSA) is 83.6 Å². The predicted octanol–water partition coefficient (Wildman–Crippen LogP) is 2.05. The first-order chi connectivity index (χ1) is 9.95. The van der Waals surface area contributed by atoms with E-state index in [0.29, 0.717) is 12.2 Å². The van der Waals surface area contributed by atoms with E-state index in [1.54, 1.807) is 0 Å². The Morgan fingerprint density at radius 2 is 2.19 bits per heavy atom. The number of carbonyl (C=O) groups is 1. The third-order valence-electron chi connectivity index (χ3n) is 3.69. The second-order valence-electron chi connectivity index (χ2n) is 5.70. The number of hydrogen-bond acceptors (Lipinski definition) is 4. The molecule has 1 aromatic heterocycles. The van der Waals surface area contributed by atoms with Gasteiger partial charge in [0.2, 0.25) is 5.91 Å². The normalized spacial score (nSPS) is 13.0. The van der Waals surface area contributed by atoms with Gasteiger partial charge in [0, 0.05) is 0 Å². The smallest absolute Gasteiger partial charge is 0.230 e. The molecule has 0 aliphatic rings. The van der Waals surface area contributed by atoms with Crippen LogP contribution in [0.3, 0.4) is 0 Å². The molecular weight excluding hydrogens is 266 g/mol. The van der Waals surface area contributed by atoms with Crippen molar-refractivity contribution in [3.05, 3.63) is 41.2 Å². The van der Waals surface area contributed by atoms with Crippen molar-refractivity contribution in [2.75, 3.05) is 0 Å². The van der Waals surface area contributed by atoms with Crippen molar-refractivity contribution >= 4 is 5.91 Å². The highest BCUT2D eigenvalue weighted by Gasteiger charge is 2.32. The molecule has 1 unspecified atom stereocenters. The molecule has 6 nitrogen and oxygen atoms in total. The highest BCUT2D eigenvalue weighted by molar-refractivity contribution is 5.87. The number of hydrogen-bond donors (Lipinski definition) is 2. The van der Waals surface area contributed by atoms with Crippen molar-refractivity contribution in [1.29, 1.82) is 0 Å². The lowest BCUT2D eigenvalue weighted by atomic mass is 9.82. The SMILES string of the molecule is CCC(NC(=O)C(C)(C)c1cccc(C)c1)c1nn[nH]n1. The highest BCUT2D eigenvalue weighted by atomic mass is 16.2. The van der Waals surface area contributed by atoms with Crippen LogP contribution in [0, 0.1) is 6.92 Å². The Morgan fingerprint density at radius 1 is 1.43 bits per heavy atom. The van der Waals surface area contributed by atoms with Crippen LogP contribution in [0.1, 0.15) is 50.2 Å². The van der Waals surface area contributed by atoms with Crippen molar-refractivity contribution in [3.63, 3.8) is 0 Å². The molecule has 0 radical (unpaired) electrons. The van der Waals surface area contributed by atoms with Crippen molar-refractivity contribution in [2.24, 2.45) is 0 Å². The summed E-state index contributed by atoms with van der Waals surface area (Å²) in [6, 6.07) is 7.76. The first-order valence-electron chi connectivity index (χ1n) is 7.06. The van der Waals surface area contributed by atoms with Gasteiger partial charge in [0.1, 0.15) is 0 Å². The Kier molecular flexibility index (Phi) is 4.35. The van der Waals surface area contributed by atoms with E-state index >= 15 is 0 Å². The van der Waals surface area contributed by atoms with Gasteiger partial charge in [0.15, 0.2) is 5.82 Å². The third-order valence-corrected chi connectivity index (χ3v) is 3.69.